The number of hydrogen-bond acceptors (Lipinski definition) is 4. The zero-order chi connectivity index (χ0) is 21.0. The molecule has 2 aromatic rings. The fourth-order valence-electron chi connectivity index (χ4n) is 3.27. The Bertz CT molecular complexity index is 660. The molecule has 0 N–H and O–H groups in total. The molecule has 0 radical (unpaired) electrons. The predicted molar refractivity (Wildman–Crippen MR) is 137 cm³/mol. The second-order valence-corrected chi connectivity index (χ2v) is 9.52. The summed E-state index contributed by atoms with van der Waals surface area (Å²) >= 11 is 4.65. The van der Waals surface area contributed by atoms with E-state index in [1.54, 1.807) is 0 Å². The highest BCUT2D eigenvalue weighted by Crippen LogP contribution is 2.31. The lowest BCUT2D eigenvalue weighted by Gasteiger charge is -2.14. The molecule has 1 heterocycles. The summed E-state index contributed by atoms with van der Waals surface area (Å²) in [6.07, 6.45) is 8.72. The number of rotatable bonds is 0. The van der Waals surface area contributed by atoms with Crippen molar-refractivity contribution in [2.45, 2.75) is 51.4 Å². The molecule has 4 nitrogen and oxygen atoms in total. The van der Waals surface area contributed by atoms with Crippen molar-refractivity contribution >= 4 is 45.2 Å². The Morgan fingerprint density at radius 3 is 0.967 bits per heavy atom. The van der Waals surface area contributed by atoms with Crippen LogP contribution in [0.25, 0.3) is 0 Å². The van der Waals surface area contributed by atoms with E-state index in [4.69, 9.17) is 18.9 Å². The van der Waals surface area contributed by atoms with Crippen LogP contribution in [-0.2, 0) is 0 Å². The van der Waals surface area contributed by atoms with E-state index in [0.29, 0.717) is 0 Å². The molecule has 0 aliphatic carbocycles. The zero-order valence-corrected chi connectivity index (χ0v) is 21.7. The van der Waals surface area contributed by atoms with E-state index in [2.05, 4.69) is 45.2 Å². The lowest BCUT2D eigenvalue weighted by Crippen LogP contribution is -2.04. The molecule has 3 rings (SSSR count). The lowest BCUT2D eigenvalue weighted by molar-refractivity contribution is 0.270. The highest BCUT2D eigenvalue weighted by atomic mass is 127. The number of hydrogen-bond donors (Lipinski definition) is 0. The van der Waals surface area contributed by atoms with Crippen LogP contribution in [0.4, 0.5) is 0 Å². The fourth-order valence-corrected chi connectivity index (χ4v) is 4.61. The van der Waals surface area contributed by atoms with Gasteiger partial charge in [-0.3, -0.25) is 0 Å². The smallest absolute Gasteiger partial charge is 0.136 e. The fraction of sp³-hybridized carbons (Fsp3) is 0.500. The lowest BCUT2D eigenvalue weighted by atomic mass is 10.2. The van der Waals surface area contributed by atoms with Crippen LogP contribution in [-0.4, -0.2) is 26.4 Å². The van der Waals surface area contributed by atoms with Gasteiger partial charge >= 0.3 is 0 Å². The second-order valence-electron chi connectivity index (χ2n) is 7.36. The van der Waals surface area contributed by atoms with E-state index in [0.717, 1.165) is 108 Å². The van der Waals surface area contributed by atoms with Crippen LogP contribution in [0.5, 0.6) is 23.0 Å². The van der Waals surface area contributed by atoms with Crippen LogP contribution in [0, 0.1) is 7.14 Å². The van der Waals surface area contributed by atoms with Gasteiger partial charge in [0.25, 0.3) is 0 Å². The Labute approximate surface area is 207 Å². The minimum atomic E-state index is 0.734. The molecule has 164 valence electrons. The Kier molecular flexibility index (Phi) is 10.7. The van der Waals surface area contributed by atoms with Crippen molar-refractivity contribution in [3.63, 3.8) is 0 Å². The van der Waals surface area contributed by atoms with Gasteiger partial charge in [-0.05, 0) is 121 Å². The van der Waals surface area contributed by atoms with Gasteiger partial charge in [-0.15, -0.1) is 0 Å². The molecule has 30 heavy (non-hydrogen) atoms. The maximum Gasteiger partial charge on any atom is 0.136 e. The normalized spacial score (nSPS) is 17.1. The third-order valence-corrected chi connectivity index (χ3v) is 7.09. The van der Waals surface area contributed by atoms with Crippen molar-refractivity contribution in [3.05, 3.63) is 43.5 Å². The molecule has 1 aliphatic rings. The van der Waals surface area contributed by atoms with Crippen LogP contribution >= 0.6 is 45.2 Å². The largest absolute Gasteiger partial charge is 0.492 e. The van der Waals surface area contributed by atoms with E-state index in [1.165, 1.54) is 0 Å². The molecule has 1 aliphatic heterocycles. The van der Waals surface area contributed by atoms with Gasteiger partial charge in [0.1, 0.15) is 23.0 Å². The average molecular weight is 636 g/mol. The van der Waals surface area contributed by atoms with Crippen LogP contribution in [0.15, 0.2) is 36.4 Å². The maximum absolute atomic E-state index is 6.00. The number of ether oxygens (including phenoxy) is 4. The SMILES string of the molecule is Ic1c2cccc1OCCCCCCOc1cccc(c1I)OCCCCCCO2. The van der Waals surface area contributed by atoms with Crippen LogP contribution < -0.4 is 18.9 Å². The number of halogens is 2. The van der Waals surface area contributed by atoms with Gasteiger partial charge in [0, 0.05) is 0 Å². The summed E-state index contributed by atoms with van der Waals surface area (Å²) in [5, 5.41) is 0. The minimum absolute atomic E-state index is 0.734. The van der Waals surface area contributed by atoms with Gasteiger partial charge in [0.15, 0.2) is 0 Å². The van der Waals surface area contributed by atoms with Crippen molar-refractivity contribution in [1.29, 1.82) is 0 Å². The van der Waals surface area contributed by atoms with Gasteiger partial charge < -0.3 is 18.9 Å². The molecule has 0 amide bonds. The highest BCUT2D eigenvalue weighted by molar-refractivity contribution is 14.1. The van der Waals surface area contributed by atoms with Gasteiger partial charge in [-0.25, -0.2) is 0 Å². The summed E-state index contributed by atoms with van der Waals surface area (Å²) in [5.41, 5.74) is 0. The Hall–Kier alpha value is -0.900. The minimum Gasteiger partial charge on any atom is -0.492 e. The standard InChI is InChI=1S/C24H30I2O4/c25-23-19-11-9-13-21(23)29-17-7-3-4-8-18-30-22-14-10-12-20(24(22)26)28-16-6-2-1-5-15-27-19/h9-14H,1-8,15-18H2. The maximum atomic E-state index is 6.00. The molecule has 0 unspecified atom stereocenters. The first-order valence-electron chi connectivity index (χ1n) is 10.8. The summed E-state index contributed by atoms with van der Waals surface area (Å²) < 4.78 is 26.1. The van der Waals surface area contributed by atoms with Gasteiger partial charge in [-0.1, -0.05) is 12.1 Å². The van der Waals surface area contributed by atoms with Crippen LogP contribution in [0.2, 0.25) is 0 Å². The van der Waals surface area contributed by atoms with E-state index in [1.807, 2.05) is 36.4 Å². The van der Waals surface area contributed by atoms with E-state index in [-0.39, 0.29) is 0 Å². The molecule has 0 aromatic heterocycles. The molecule has 6 heteroatoms. The zero-order valence-electron chi connectivity index (χ0n) is 17.3. The molecule has 4 bridgehead atoms. The van der Waals surface area contributed by atoms with Gasteiger partial charge in [0.2, 0.25) is 0 Å². The van der Waals surface area contributed by atoms with Gasteiger partial charge in [-0.2, -0.15) is 0 Å². The number of benzene rings is 2. The summed E-state index contributed by atoms with van der Waals surface area (Å²) in [6, 6.07) is 12.1. The molecule has 0 fully saturated rings. The first-order valence-corrected chi connectivity index (χ1v) is 13.0. The van der Waals surface area contributed by atoms with Crippen LogP contribution in [0.1, 0.15) is 51.4 Å². The van der Waals surface area contributed by atoms with Crippen molar-refractivity contribution < 1.29 is 18.9 Å². The summed E-state index contributed by atoms with van der Waals surface area (Å²) in [5.74, 6) is 3.69. The van der Waals surface area contributed by atoms with E-state index < -0.39 is 0 Å². The summed E-state index contributed by atoms with van der Waals surface area (Å²) in [4.78, 5) is 0. The average Bonchev–Trinajstić information content (AvgIpc) is 2.75. The highest BCUT2D eigenvalue weighted by Gasteiger charge is 2.09. The quantitative estimate of drug-likeness (QED) is 0.286. The molecule has 0 spiro atoms. The van der Waals surface area contributed by atoms with Crippen molar-refractivity contribution in [3.8, 4) is 23.0 Å². The molecular weight excluding hydrogens is 606 g/mol. The van der Waals surface area contributed by atoms with E-state index >= 15 is 0 Å². The number of fused-ring (bicyclic) bond motifs is 4. The topological polar surface area (TPSA) is 36.9 Å². The van der Waals surface area contributed by atoms with Crippen molar-refractivity contribution in [2.24, 2.45) is 0 Å². The first kappa shape index (κ1) is 23.8. The molecule has 2 aromatic carbocycles. The Morgan fingerprint density at radius 2 is 0.700 bits per heavy atom. The Morgan fingerprint density at radius 1 is 0.433 bits per heavy atom. The third-order valence-electron chi connectivity index (χ3n) is 4.96. The first-order chi connectivity index (χ1) is 14.8. The molecular formula is C24H30I2O4. The molecule has 0 saturated heterocycles. The monoisotopic (exact) mass is 636 g/mol. The second kappa shape index (κ2) is 13.5. The summed E-state index contributed by atoms with van der Waals surface area (Å²) in [6.45, 7) is 2.93. The molecule has 0 atom stereocenters. The van der Waals surface area contributed by atoms with E-state index in [9.17, 15) is 0 Å². The van der Waals surface area contributed by atoms with Gasteiger partial charge in [0.05, 0.1) is 33.6 Å². The third kappa shape index (κ3) is 7.66. The van der Waals surface area contributed by atoms with Crippen molar-refractivity contribution in [2.75, 3.05) is 26.4 Å². The predicted octanol–water partition coefficient (Wildman–Crippen LogP) is 7.25. The van der Waals surface area contributed by atoms with Crippen LogP contribution in [0.3, 0.4) is 0 Å². The van der Waals surface area contributed by atoms with Crippen molar-refractivity contribution in [1.82, 2.24) is 0 Å². The molecule has 0 saturated carbocycles. The summed E-state index contributed by atoms with van der Waals surface area (Å²) in [7, 11) is 0. The Balaban J connectivity index is 1.55.